The van der Waals surface area contributed by atoms with Crippen LogP contribution in [-0.2, 0) is 0 Å². The van der Waals surface area contributed by atoms with Crippen LogP contribution in [0.25, 0.3) is 131 Å². The zero-order chi connectivity index (χ0) is 37.5. The fourth-order valence-corrected chi connectivity index (χ4v) is 10.8. The SMILES string of the molecule is CC(C)c1ccc2c(c1)c1ccccc1c1c(-c3ccccc3)c3cc4c(cc3c(-c3ccccc3)c21)-c1ccc2c3cccc5cccc(c6ccc-4c1c62)c53. The fourth-order valence-electron chi connectivity index (χ4n) is 10.8. The summed E-state index contributed by atoms with van der Waals surface area (Å²) in [5, 5.41) is 21.3. The Morgan fingerprint density at radius 2 is 0.737 bits per heavy atom. The van der Waals surface area contributed by atoms with E-state index in [9.17, 15) is 0 Å². The molecular formula is C57H36. The molecule has 0 fully saturated rings. The van der Waals surface area contributed by atoms with Gasteiger partial charge in [0, 0.05) is 0 Å². The van der Waals surface area contributed by atoms with E-state index in [4.69, 9.17) is 0 Å². The molecule has 12 aromatic carbocycles. The van der Waals surface area contributed by atoms with E-state index in [1.165, 1.54) is 136 Å². The van der Waals surface area contributed by atoms with Crippen LogP contribution in [0.15, 0.2) is 176 Å². The van der Waals surface area contributed by atoms with E-state index >= 15 is 0 Å². The number of hydrogen-bond donors (Lipinski definition) is 0. The van der Waals surface area contributed by atoms with Gasteiger partial charge in [0.1, 0.15) is 0 Å². The van der Waals surface area contributed by atoms with Crippen LogP contribution < -0.4 is 0 Å². The molecule has 0 unspecified atom stereocenters. The lowest BCUT2D eigenvalue weighted by Crippen LogP contribution is -1.95. The molecule has 0 amide bonds. The van der Waals surface area contributed by atoms with Gasteiger partial charge in [0.25, 0.3) is 0 Å². The summed E-state index contributed by atoms with van der Waals surface area (Å²) in [4.78, 5) is 0. The van der Waals surface area contributed by atoms with E-state index in [0.717, 1.165) is 0 Å². The van der Waals surface area contributed by atoms with Gasteiger partial charge in [0.05, 0.1) is 0 Å². The van der Waals surface area contributed by atoms with Gasteiger partial charge in [-0.3, -0.25) is 0 Å². The van der Waals surface area contributed by atoms with Crippen molar-refractivity contribution < 1.29 is 0 Å². The van der Waals surface area contributed by atoms with Crippen molar-refractivity contribution >= 4 is 86.2 Å². The highest BCUT2D eigenvalue weighted by atomic mass is 14.3. The van der Waals surface area contributed by atoms with Gasteiger partial charge in [-0.05, 0) is 154 Å². The monoisotopic (exact) mass is 720 g/mol. The molecule has 1 aliphatic rings. The Morgan fingerprint density at radius 1 is 0.281 bits per heavy atom. The number of hydrogen-bond acceptors (Lipinski definition) is 0. The van der Waals surface area contributed by atoms with Crippen LogP contribution in [0.4, 0.5) is 0 Å². The first kappa shape index (κ1) is 31.2. The molecule has 0 N–H and O–H groups in total. The van der Waals surface area contributed by atoms with Crippen molar-refractivity contribution in [2.75, 3.05) is 0 Å². The Kier molecular flexibility index (Phi) is 6.18. The lowest BCUT2D eigenvalue weighted by molar-refractivity contribution is 0.869. The summed E-state index contributed by atoms with van der Waals surface area (Å²) in [5.74, 6) is 0.434. The third-order valence-electron chi connectivity index (χ3n) is 13.3. The Hall–Kier alpha value is -7.02. The normalized spacial score (nSPS) is 12.5. The van der Waals surface area contributed by atoms with Crippen LogP contribution in [-0.4, -0.2) is 0 Å². The fraction of sp³-hybridized carbons (Fsp3) is 0.0526. The van der Waals surface area contributed by atoms with Crippen LogP contribution in [0, 0.1) is 0 Å². The zero-order valence-corrected chi connectivity index (χ0v) is 31.8. The molecule has 0 radical (unpaired) electrons. The van der Waals surface area contributed by atoms with Crippen LogP contribution in [0.1, 0.15) is 25.3 Å². The third-order valence-corrected chi connectivity index (χ3v) is 13.3. The van der Waals surface area contributed by atoms with Crippen molar-refractivity contribution in [2.45, 2.75) is 19.8 Å². The molecule has 57 heavy (non-hydrogen) atoms. The number of benzene rings is 12. The van der Waals surface area contributed by atoms with Crippen LogP contribution in [0.3, 0.4) is 0 Å². The predicted octanol–water partition coefficient (Wildman–Crippen LogP) is 16.5. The van der Waals surface area contributed by atoms with Crippen molar-refractivity contribution in [3.8, 4) is 44.5 Å². The highest BCUT2D eigenvalue weighted by Crippen LogP contribution is 2.56. The first-order valence-corrected chi connectivity index (χ1v) is 20.3. The van der Waals surface area contributed by atoms with Gasteiger partial charge in [-0.2, -0.15) is 0 Å². The highest BCUT2D eigenvalue weighted by Gasteiger charge is 2.29. The van der Waals surface area contributed by atoms with E-state index in [-0.39, 0.29) is 0 Å². The Labute approximate surface area is 330 Å². The van der Waals surface area contributed by atoms with Gasteiger partial charge in [0.2, 0.25) is 0 Å². The minimum atomic E-state index is 0.434. The topological polar surface area (TPSA) is 0 Å². The molecule has 0 bridgehead atoms. The minimum absolute atomic E-state index is 0.434. The molecule has 13 rings (SSSR count). The molecule has 12 aromatic rings. The van der Waals surface area contributed by atoms with Crippen molar-refractivity contribution in [1.82, 2.24) is 0 Å². The molecule has 0 nitrogen and oxygen atoms in total. The maximum atomic E-state index is 2.55. The molecule has 0 spiro atoms. The van der Waals surface area contributed by atoms with Gasteiger partial charge >= 0.3 is 0 Å². The van der Waals surface area contributed by atoms with E-state index < -0.39 is 0 Å². The second kappa shape index (κ2) is 11.3. The van der Waals surface area contributed by atoms with Gasteiger partial charge in [-0.1, -0.05) is 178 Å². The first-order chi connectivity index (χ1) is 28.1. The second-order valence-electron chi connectivity index (χ2n) is 16.5. The largest absolute Gasteiger partial charge is 0.0622 e. The average molecular weight is 721 g/mol. The molecule has 0 atom stereocenters. The highest BCUT2D eigenvalue weighted by molar-refractivity contribution is 6.40. The molecule has 0 aromatic heterocycles. The maximum Gasteiger partial charge on any atom is -0.000763 e. The van der Waals surface area contributed by atoms with Gasteiger partial charge in [-0.25, -0.2) is 0 Å². The molecular weight excluding hydrogens is 685 g/mol. The van der Waals surface area contributed by atoms with E-state index in [2.05, 4.69) is 190 Å². The lowest BCUT2D eigenvalue weighted by Gasteiger charge is -2.23. The lowest BCUT2D eigenvalue weighted by atomic mass is 9.80. The molecule has 0 aliphatic heterocycles. The van der Waals surface area contributed by atoms with Crippen molar-refractivity contribution in [1.29, 1.82) is 0 Å². The van der Waals surface area contributed by atoms with Crippen molar-refractivity contribution in [3.05, 3.63) is 181 Å². The molecule has 0 saturated heterocycles. The quantitative estimate of drug-likeness (QED) is 0.126. The van der Waals surface area contributed by atoms with E-state index in [1.807, 2.05) is 0 Å². The van der Waals surface area contributed by atoms with Crippen molar-refractivity contribution in [2.24, 2.45) is 0 Å². The standard InChI is InChI=1S/C57H36/c1-32(2)36-23-24-45-46(29-36)37-19-9-10-20-38(37)56-52(34-13-5-3-6-14-34)49-30-47-43-27-25-41-39-21-11-17-33-18-12-22-40(51(33)39)42-26-28-44(55(43)54(41)42)48(47)31-50(49)53(57(45)56)35-15-7-4-8-16-35/h3-32H,1-2H3. The summed E-state index contributed by atoms with van der Waals surface area (Å²) >= 11 is 0. The summed E-state index contributed by atoms with van der Waals surface area (Å²) in [5.41, 5.74) is 11.8. The van der Waals surface area contributed by atoms with Gasteiger partial charge in [-0.15, -0.1) is 0 Å². The predicted molar refractivity (Wildman–Crippen MR) is 247 cm³/mol. The van der Waals surface area contributed by atoms with Gasteiger partial charge in [0.15, 0.2) is 0 Å². The molecule has 0 heteroatoms. The maximum absolute atomic E-state index is 2.55. The average Bonchev–Trinajstić information content (AvgIpc) is 3.58. The van der Waals surface area contributed by atoms with Crippen LogP contribution in [0.2, 0.25) is 0 Å². The number of fused-ring (bicyclic) bond motifs is 12. The Morgan fingerprint density at radius 3 is 1.30 bits per heavy atom. The van der Waals surface area contributed by atoms with E-state index in [0.29, 0.717) is 5.92 Å². The molecule has 0 heterocycles. The Balaban J connectivity index is 1.26. The van der Waals surface area contributed by atoms with E-state index in [1.54, 1.807) is 0 Å². The molecule has 264 valence electrons. The second-order valence-corrected chi connectivity index (χ2v) is 16.5. The summed E-state index contributed by atoms with van der Waals surface area (Å²) in [7, 11) is 0. The van der Waals surface area contributed by atoms with Crippen LogP contribution in [0.5, 0.6) is 0 Å². The smallest absolute Gasteiger partial charge is 0.000763 e. The molecule has 0 saturated carbocycles. The summed E-state index contributed by atoms with van der Waals surface area (Å²) in [6.07, 6.45) is 0. The van der Waals surface area contributed by atoms with Crippen molar-refractivity contribution in [3.63, 3.8) is 0 Å². The summed E-state index contributed by atoms with van der Waals surface area (Å²) in [6.45, 7) is 4.60. The van der Waals surface area contributed by atoms with Gasteiger partial charge < -0.3 is 0 Å². The zero-order valence-electron chi connectivity index (χ0n) is 31.8. The number of rotatable bonds is 3. The summed E-state index contributed by atoms with van der Waals surface area (Å²) < 4.78 is 0. The van der Waals surface area contributed by atoms with Crippen LogP contribution >= 0.6 is 0 Å². The Bertz CT molecular complexity index is 3630. The summed E-state index contributed by atoms with van der Waals surface area (Å²) in [6, 6.07) is 66.9. The minimum Gasteiger partial charge on any atom is -0.0622 e. The first-order valence-electron chi connectivity index (χ1n) is 20.3. The molecule has 1 aliphatic carbocycles. The third kappa shape index (κ3) is 4.07.